The molecule has 0 saturated heterocycles. The SMILES string of the molecule is CCCCCCNC(=O)NS(=O)(=O)c1ccc(CCNC(=O)n2cc3ncccc3c2O)cc1. The maximum Gasteiger partial charge on any atom is 0.328 e. The predicted molar refractivity (Wildman–Crippen MR) is 128 cm³/mol. The van der Waals surface area contributed by atoms with Crippen molar-refractivity contribution in [1.29, 1.82) is 0 Å². The Morgan fingerprint density at radius 3 is 2.50 bits per heavy atom. The van der Waals surface area contributed by atoms with Crippen molar-refractivity contribution in [3.8, 4) is 5.88 Å². The lowest BCUT2D eigenvalue weighted by molar-refractivity contribution is 0.239. The Kier molecular flexibility index (Phi) is 8.47. The lowest BCUT2D eigenvalue weighted by Crippen LogP contribution is -2.39. The number of rotatable bonds is 10. The van der Waals surface area contributed by atoms with Gasteiger partial charge in [-0.3, -0.25) is 4.98 Å². The van der Waals surface area contributed by atoms with Crippen molar-refractivity contribution < 1.29 is 23.1 Å². The number of aromatic hydroxyl groups is 1. The van der Waals surface area contributed by atoms with E-state index < -0.39 is 22.1 Å². The van der Waals surface area contributed by atoms with Crippen LogP contribution in [0.15, 0.2) is 53.7 Å². The van der Waals surface area contributed by atoms with Gasteiger partial charge >= 0.3 is 12.1 Å². The largest absolute Gasteiger partial charge is 0.494 e. The van der Waals surface area contributed by atoms with Crippen molar-refractivity contribution in [3.05, 3.63) is 54.4 Å². The molecule has 0 unspecified atom stereocenters. The number of aromatic nitrogens is 2. The summed E-state index contributed by atoms with van der Waals surface area (Å²) in [5.74, 6) is -0.187. The van der Waals surface area contributed by atoms with Crippen LogP contribution in [-0.2, 0) is 16.4 Å². The van der Waals surface area contributed by atoms with Crippen molar-refractivity contribution in [2.45, 2.75) is 43.9 Å². The van der Waals surface area contributed by atoms with Gasteiger partial charge in [0, 0.05) is 25.5 Å². The summed E-state index contributed by atoms with van der Waals surface area (Å²) in [5, 5.41) is 15.9. The minimum Gasteiger partial charge on any atom is -0.494 e. The van der Waals surface area contributed by atoms with Crippen LogP contribution in [0.25, 0.3) is 10.9 Å². The molecular weight excluding hydrogens is 458 g/mol. The fraction of sp³-hybridized carbons (Fsp3) is 0.348. The number of nitrogens with zero attached hydrogens (tertiary/aromatic N) is 2. The van der Waals surface area contributed by atoms with Crippen molar-refractivity contribution >= 4 is 33.0 Å². The number of carbonyl (C=O) groups is 2. The molecule has 0 aliphatic heterocycles. The van der Waals surface area contributed by atoms with Gasteiger partial charge in [0.25, 0.3) is 10.0 Å². The summed E-state index contributed by atoms with van der Waals surface area (Å²) in [6, 6.07) is 8.14. The molecule has 2 aromatic heterocycles. The number of amides is 3. The summed E-state index contributed by atoms with van der Waals surface area (Å²) in [7, 11) is -3.98. The third-order valence-corrected chi connectivity index (χ3v) is 6.59. The van der Waals surface area contributed by atoms with E-state index in [1.54, 1.807) is 30.5 Å². The molecule has 4 N–H and O–H groups in total. The number of hydrogen-bond donors (Lipinski definition) is 4. The Bertz CT molecular complexity index is 1240. The van der Waals surface area contributed by atoms with Gasteiger partial charge < -0.3 is 15.7 Å². The molecule has 0 saturated carbocycles. The monoisotopic (exact) mass is 487 g/mol. The van der Waals surface area contributed by atoms with Gasteiger partial charge in [-0.1, -0.05) is 38.3 Å². The first-order valence-corrected chi connectivity index (χ1v) is 12.6. The molecule has 182 valence electrons. The number of hydrogen-bond acceptors (Lipinski definition) is 6. The molecule has 11 heteroatoms. The number of urea groups is 1. The first kappa shape index (κ1) is 25.0. The first-order chi connectivity index (χ1) is 16.3. The number of sulfonamides is 1. The third-order valence-electron chi connectivity index (χ3n) is 5.24. The Morgan fingerprint density at radius 2 is 1.79 bits per heavy atom. The molecule has 0 atom stereocenters. The summed E-state index contributed by atoms with van der Waals surface area (Å²) in [6.07, 6.45) is 7.39. The summed E-state index contributed by atoms with van der Waals surface area (Å²) in [5.41, 5.74) is 1.30. The molecule has 3 amide bonds. The second-order valence-corrected chi connectivity index (χ2v) is 9.49. The maximum atomic E-state index is 12.4. The fourth-order valence-electron chi connectivity index (χ4n) is 3.38. The fourth-order valence-corrected chi connectivity index (χ4v) is 4.31. The number of benzene rings is 1. The molecule has 3 rings (SSSR count). The van der Waals surface area contributed by atoms with Crippen molar-refractivity contribution in [3.63, 3.8) is 0 Å². The zero-order valence-corrected chi connectivity index (χ0v) is 19.8. The first-order valence-electron chi connectivity index (χ1n) is 11.1. The van der Waals surface area contributed by atoms with Gasteiger partial charge in [0.1, 0.15) is 0 Å². The van der Waals surface area contributed by atoms with Crippen molar-refractivity contribution in [2.75, 3.05) is 13.1 Å². The Hall–Kier alpha value is -3.60. The molecule has 0 radical (unpaired) electrons. The molecule has 34 heavy (non-hydrogen) atoms. The smallest absolute Gasteiger partial charge is 0.328 e. The average molecular weight is 488 g/mol. The number of unbranched alkanes of at least 4 members (excludes halogenated alkanes) is 3. The molecule has 10 nitrogen and oxygen atoms in total. The number of fused-ring (bicyclic) bond motifs is 1. The van der Waals surface area contributed by atoms with Gasteiger partial charge in [-0.25, -0.2) is 27.3 Å². The quantitative estimate of drug-likeness (QED) is 0.324. The van der Waals surface area contributed by atoms with Gasteiger partial charge in [0.15, 0.2) is 0 Å². The van der Waals surface area contributed by atoms with Crippen molar-refractivity contribution in [2.24, 2.45) is 0 Å². The summed E-state index contributed by atoms with van der Waals surface area (Å²) < 4.78 is 27.9. The van der Waals surface area contributed by atoms with E-state index in [4.69, 9.17) is 0 Å². The molecule has 0 spiro atoms. The highest BCUT2D eigenvalue weighted by Crippen LogP contribution is 2.24. The molecule has 2 heterocycles. The predicted octanol–water partition coefficient (Wildman–Crippen LogP) is 3.11. The summed E-state index contributed by atoms with van der Waals surface area (Å²) in [4.78, 5) is 28.3. The molecule has 0 fully saturated rings. The summed E-state index contributed by atoms with van der Waals surface area (Å²) >= 11 is 0. The van der Waals surface area contributed by atoms with Crippen molar-refractivity contribution in [1.82, 2.24) is 24.9 Å². The van der Waals surface area contributed by atoms with Crippen LogP contribution in [0, 0.1) is 0 Å². The second kappa shape index (κ2) is 11.5. The standard InChI is InChI=1S/C23H29N5O5S/c1-2-3-4-5-13-25-22(30)27-34(32,33)18-10-8-17(9-11-18)12-15-26-23(31)28-16-20-19(21(28)29)7-6-14-24-20/h6-11,14,16,29H,2-5,12-13,15H2,1H3,(H,26,31)(H2,25,27,30). The van der Waals surface area contributed by atoms with Crippen LogP contribution in [-0.4, -0.2) is 48.2 Å². The second-order valence-electron chi connectivity index (χ2n) is 7.81. The van der Waals surface area contributed by atoms with E-state index in [-0.39, 0.29) is 17.3 Å². The Labute approximate surface area is 198 Å². The van der Waals surface area contributed by atoms with Gasteiger partial charge in [-0.2, -0.15) is 0 Å². The lowest BCUT2D eigenvalue weighted by atomic mass is 10.1. The van der Waals surface area contributed by atoms with E-state index in [2.05, 4.69) is 22.5 Å². The molecular formula is C23H29N5O5S. The number of pyridine rings is 1. The highest BCUT2D eigenvalue weighted by Gasteiger charge is 2.17. The zero-order valence-electron chi connectivity index (χ0n) is 19.0. The van der Waals surface area contributed by atoms with E-state index in [1.807, 2.05) is 4.72 Å². The van der Waals surface area contributed by atoms with E-state index >= 15 is 0 Å². The minimum atomic E-state index is -3.98. The molecule has 0 aliphatic carbocycles. The molecule has 1 aromatic carbocycles. The lowest BCUT2D eigenvalue weighted by Gasteiger charge is -2.10. The van der Waals surface area contributed by atoms with Gasteiger partial charge in [-0.05, 0) is 42.7 Å². The number of nitrogens with one attached hydrogen (secondary N) is 3. The van der Waals surface area contributed by atoms with Crippen LogP contribution in [0.4, 0.5) is 9.59 Å². The van der Waals surface area contributed by atoms with Crippen LogP contribution in [0.1, 0.15) is 38.2 Å². The molecule has 0 aliphatic rings. The van der Waals surface area contributed by atoms with Crippen LogP contribution in [0.2, 0.25) is 0 Å². The minimum absolute atomic E-state index is 0.0297. The van der Waals surface area contributed by atoms with Gasteiger partial charge in [0.2, 0.25) is 5.88 Å². The third kappa shape index (κ3) is 6.47. The Balaban J connectivity index is 1.48. The highest BCUT2D eigenvalue weighted by molar-refractivity contribution is 7.90. The number of carbonyl (C=O) groups excluding carboxylic acids is 2. The van der Waals surface area contributed by atoms with Crippen LogP contribution in [0.5, 0.6) is 5.88 Å². The van der Waals surface area contributed by atoms with E-state index in [0.717, 1.165) is 35.8 Å². The topological polar surface area (TPSA) is 142 Å². The normalized spacial score (nSPS) is 11.3. The van der Waals surface area contributed by atoms with E-state index in [9.17, 15) is 23.1 Å². The van der Waals surface area contributed by atoms with Gasteiger partial charge in [0.05, 0.1) is 15.8 Å². The van der Waals surface area contributed by atoms with E-state index in [1.165, 1.54) is 18.3 Å². The summed E-state index contributed by atoms with van der Waals surface area (Å²) in [6.45, 7) is 2.77. The van der Waals surface area contributed by atoms with Crippen LogP contribution < -0.4 is 15.4 Å². The highest BCUT2D eigenvalue weighted by atomic mass is 32.2. The maximum absolute atomic E-state index is 12.4. The molecule has 0 bridgehead atoms. The average Bonchev–Trinajstić information content (AvgIpc) is 3.16. The zero-order chi connectivity index (χ0) is 24.6. The van der Waals surface area contributed by atoms with Gasteiger partial charge in [-0.15, -0.1) is 0 Å². The molecule has 3 aromatic rings. The van der Waals surface area contributed by atoms with Crippen LogP contribution >= 0.6 is 0 Å². The Morgan fingerprint density at radius 1 is 1.03 bits per heavy atom. The van der Waals surface area contributed by atoms with Crippen LogP contribution in [0.3, 0.4) is 0 Å². The van der Waals surface area contributed by atoms with E-state index in [0.29, 0.717) is 23.9 Å².